The summed E-state index contributed by atoms with van der Waals surface area (Å²) < 4.78 is 2.27. The zero-order valence-electron chi connectivity index (χ0n) is 18.4. The minimum absolute atomic E-state index is 0.294. The van der Waals surface area contributed by atoms with Gasteiger partial charge < -0.3 is 0 Å². The summed E-state index contributed by atoms with van der Waals surface area (Å²) in [5.74, 6) is 1.08. The molecular weight excluding hydrogens is 374 g/mol. The van der Waals surface area contributed by atoms with E-state index in [0.717, 1.165) is 35.4 Å². The fourth-order valence-corrected chi connectivity index (χ4v) is 5.38. The topological polar surface area (TPSA) is 66.6 Å². The zero-order chi connectivity index (χ0) is 21.2. The molecule has 0 amide bonds. The van der Waals surface area contributed by atoms with Crippen LogP contribution >= 0.6 is 0 Å². The summed E-state index contributed by atoms with van der Waals surface area (Å²) in [6.07, 6.45) is 1.63. The Hall–Kier alpha value is -2.56. The van der Waals surface area contributed by atoms with Crippen LogP contribution in [-0.4, -0.2) is 24.2 Å². The van der Waals surface area contributed by atoms with Gasteiger partial charge in [-0.1, -0.05) is 69.3 Å². The van der Waals surface area contributed by atoms with Gasteiger partial charge in [0.15, 0.2) is 0 Å². The number of imidazole rings is 1. The number of fused-ring (bicyclic) bond motifs is 1. The van der Waals surface area contributed by atoms with E-state index in [9.17, 15) is 0 Å². The monoisotopic (exact) mass is 405 g/mol. The number of aromatic nitrogens is 2. The number of hydrogen-bond donors (Lipinski definition) is 0. The standard InChI is InChI=1S/C23H31N5Si/c1-7-22-26-20-16-19(29(5,6)23(2,3)4)12-13-21(20)28(22)18-10-8-17(9-11-18)14-15-25-27-24/h8-13,16H,7,14-15H2,1-6H3. The first kappa shape index (κ1) is 21.2. The summed E-state index contributed by atoms with van der Waals surface area (Å²) in [4.78, 5) is 7.80. The lowest BCUT2D eigenvalue weighted by Crippen LogP contribution is -2.49. The molecule has 29 heavy (non-hydrogen) atoms. The summed E-state index contributed by atoms with van der Waals surface area (Å²) >= 11 is 0. The minimum Gasteiger partial charge on any atom is -0.296 e. The number of nitrogens with zero attached hydrogens (tertiary/aromatic N) is 5. The van der Waals surface area contributed by atoms with Crippen molar-refractivity contribution in [3.05, 3.63) is 64.3 Å². The average Bonchev–Trinajstić information content (AvgIpc) is 3.05. The quantitative estimate of drug-likeness (QED) is 0.210. The van der Waals surface area contributed by atoms with E-state index in [1.807, 2.05) is 0 Å². The molecule has 5 nitrogen and oxygen atoms in total. The maximum Gasteiger partial charge on any atom is 0.114 e. The van der Waals surface area contributed by atoms with Crippen LogP contribution in [0, 0.1) is 0 Å². The molecule has 6 heteroatoms. The Morgan fingerprint density at radius 2 is 1.79 bits per heavy atom. The lowest BCUT2D eigenvalue weighted by atomic mass is 10.1. The Kier molecular flexibility index (Phi) is 5.87. The number of azide groups is 1. The Bertz CT molecular complexity index is 1050. The molecule has 0 fully saturated rings. The number of benzene rings is 2. The van der Waals surface area contributed by atoms with E-state index in [-0.39, 0.29) is 0 Å². The molecule has 0 atom stereocenters. The highest BCUT2D eigenvalue weighted by Gasteiger charge is 2.37. The van der Waals surface area contributed by atoms with Crippen molar-refractivity contribution in [3.8, 4) is 5.69 Å². The van der Waals surface area contributed by atoms with E-state index in [0.29, 0.717) is 11.6 Å². The molecule has 152 valence electrons. The maximum absolute atomic E-state index is 8.44. The van der Waals surface area contributed by atoms with Gasteiger partial charge in [-0.3, -0.25) is 4.57 Å². The van der Waals surface area contributed by atoms with Gasteiger partial charge in [0.05, 0.1) is 19.1 Å². The highest BCUT2D eigenvalue weighted by Crippen LogP contribution is 2.36. The van der Waals surface area contributed by atoms with Crippen molar-refractivity contribution in [2.45, 2.75) is 58.7 Å². The molecule has 3 rings (SSSR count). The summed E-state index contributed by atoms with van der Waals surface area (Å²) in [6, 6.07) is 15.4. The Morgan fingerprint density at radius 1 is 1.10 bits per heavy atom. The summed E-state index contributed by atoms with van der Waals surface area (Å²) in [5, 5.41) is 5.37. The van der Waals surface area contributed by atoms with Crippen LogP contribution in [0.5, 0.6) is 0 Å². The second-order valence-electron chi connectivity index (χ2n) is 9.17. The van der Waals surface area contributed by atoms with Crippen LogP contribution < -0.4 is 5.19 Å². The van der Waals surface area contributed by atoms with Crippen LogP contribution in [0.2, 0.25) is 18.1 Å². The Morgan fingerprint density at radius 3 is 2.38 bits per heavy atom. The van der Waals surface area contributed by atoms with Gasteiger partial charge in [0.25, 0.3) is 0 Å². The number of hydrogen-bond acceptors (Lipinski definition) is 2. The third-order valence-electron chi connectivity index (χ3n) is 6.40. The Balaban J connectivity index is 2.03. The predicted molar refractivity (Wildman–Crippen MR) is 125 cm³/mol. The number of aryl methyl sites for hydroxylation is 1. The highest BCUT2D eigenvalue weighted by molar-refractivity contribution is 6.92. The van der Waals surface area contributed by atoms with E-state index in [2.05, 4.69) is 97.8 Å². The molecule has 0 aliphatic carbocycles. The fourth-order valence-electron chi connectivity index (χ4n) is 3.51. The summed E-state index contributed by atoms with van der Waals surface area (Å²) in [6.45, 7) is 14.6. The first-order valence-electron chi connectivity index (χ1n) is 10.3. The zero-order valence-corrected chi connectivity index (χ0v) is 19.4. The molecule has 0 aliphatic heterocycles. The van der Waals surface area contributed by atoms with Crippen LogP contribution in [0.1, 0.15) is 39.1 Å². The van der Waals surface area contributed by atoms with Gasteiger partial charge in [0, 0.05) is 23.6 Å². The van der Waals surface area contributed by atoms with Gasteiger partial charge in [-0.2, -0.15) is 0 Å². The van der Waals surface area contributed by atoms with Gasteiger partial charge in [0.2, 0.25) is 0 Å². The van der Waals surface area contributed by atoms with Gasteiger partial charge >= 0.3 is 0 Å². The first-order valence-corrected chi connectivity index (χ1v) is 13.3. The predicted octanol–water partition coefficient (Wildman–Crippen LogP) is 6.16. The lowest BCUT2D eigenvalue weighted by Gasteiger charge is -2.37. The van der Waals surface area contributed by atoms with Crippen LogP contribution in [-0.2, 0) is 12.8 Å². The maximum atomic E-state index is 8.44. The normalized spacial score (nSPS) is 12.2. The minimum atomic E-state index is -1.60. The average molecular weight is 406 g/mol. The van der Waals surface area contributed by atoms with Crippen LogP contribution in [0.25, 0.3) is 27.2 Å². The summed E-state index contributed by atoms with van der Waals surface area (Å²) in [7, 11) is -1.60. The van der Waals surface area contributed by atoms with Gasteiger partial charge in [0.1, 0.15) is 5.82 Å². The van der Waals surface area contributed by atoms with Crippen LogP contribution in [0.4, 0.5) is 0 Å². The van der Waals surface area contributed by atoms with E-state index in [1.165, 1.54) is 10.8 Å². The van der Waals surface area contributed by atoms with E-state index in [1.54, 1.807) is 0 Å². The van der Waals surface area contributed by atoms with Crippen molar-refractivity contribution in [1.29, 1.82) is 0 Å². The molecule has 0 unspecified atom stereocenters. The molecule has 0 spiro atoms. The second-order valence-corrected chi connectivity index (χ2v) is 14.5. The molecule has 1 heterocycles. The molecule has 3 aromatic rings. The van der Waals surface area contributed by atoms with Crippen LogP contribution in [0.15, 0.2) is 47.6 Å². The van der Waals surface area contributed by atoms with Crippen molar-refractivity contribution in [2.75, 3.05) is 6.54 Å². The van der Waals surface area contributed by atoms with Gasteiger partial charge in [-0.05, 0) is 46.8 Å². The molecule has 0 aliphatic rings. The molecular formula is C23H31N5Si. The second kappa shape index (κ2) is 8.05. The van der Waals surface area contributed by atoms with E-state index < -0.39 is 8.07 Å². The third kappa shape index (κ3) is 4.09. The van der Waals surface area contributed by atoms with Crippen molar-refractivity contribution < 1.29 is 0 Å². The SMILES string of the molecule is CCc1nc2cc([Si](C)(C)C(C)(C)C)ccc2n1-c1ccc(CCN=[N+]=[N-])cc1. The largest absolute Gasteiger partial charge is 0.296 e. The van der Waals surface area contributed by atoms with Crippen molar-refractivity contribution in [2.24, 2.45) is 5.11 Å². The van der Waals surface area contributed by atoms with Gasteiger partial charge in [-0.15, -0.1) is 0 Å². The number of rotatable bonds is 6. The lowest BCUT2D eigenvalue weighted by molar-refractivity contribution is 0.729. The van der Waals surface area contributed by atoms with E-state index >= 15 is 0 Å². The molecule has 1 aromatic heterocycles. The molecule has 0 saturated carbocycles. The molecule has 0 saturated heterocycles. The Labute approximate surface area is 174 Å². The molecule has 0 bridgehead atoms. The first-order chi connectivity index (χ1) is 13.7. The van der Waals surface area contributed by atoms with Crippen molar-refractivity contribution >= 4 is 24.3 Å². The van der Waals surface area contributed by atoms with E-state index in [4.69, 9.17) is 10.5 Å². The molecule has 2 aromatic carbocycles. The summed E-state index contributed by atoms with van der Waals surface area (Å²) in [5.41, 5.74) is 13.0. The van der Waals surface area contributed by atoms with Crippen LogP contribution in [0.3, 0.4) is 0 Å². The molecule has 0 radical (unpaired) electrons. The van der Waals surface area contributed by atoms with Crippen molar-refractivity contribution in [1.82, 2.24) is 9.55 Å². The molecule has 0 N–H and O–H groups in total. The smallest absolute Gasteiger partial charge is 0.114 e. The third-order valence-corrected chi connectivity index (χ3v) is 11.9. The van der Waals surface area contributed by atoms with Crippen molar-refractivity contribution in [3.63, 3.8) is 0 Å². The fraction of sp³-hybridized carbons (Fsp3) is 0.435. The van der Waals surface area contributed by atoms with Gasteiger partial charge in [-0.25, -0.2) is 4.98 Å². The highest BCUT2D eigenvalue weighted by atomic mass is 28.3.